The van der Waals surface area contributed by atoms with Crippen molar-refractivity contribution in [1.29, 1.82) is 0 Å². The topological polar surface area (TPSA) is 101 Å². The second-order valence-corrected chi connectivity index (χ2v) is 8.08. The summed E-state index contributed by atoms with van der Waals surface area (Å²) >= 11 is 0. The Bertz CT molecular complexity index is 966. The molecule has 2 aromatic rings. The van der Waals surface area contributed by atoms with Crippen LogP contribution in [0.3, 0.4) is 0 Å². The molecule has 0 spiro atoms. The molecule has 0 aromatic heterocycles. The Hall–Kier alpha value is -2.87. The Morgan fingerprint density at radius 2 is 1.88 bits per heavy atom. The number of hydrogen-bond acceptors (Lipinski definition) is 5. The van der Waals surface area contributed by atoms with Crippen molar-refractivity contribution in [2.24, 2.45) is 0 Å². The van der Waals surface area contributed by atoms with Gasteiger partial charge in [0.1, 0.15) is 5.75 Å². The minimum atomic E-state index is -3.42. The Labute approximate surface area is 150 Å². The summed E-state index contributed by atoms with van der Waals surface area (Å²) in [6, 6.07) is 10.6. The van der Waals surface area contributed by atoms with E-state index in [1.165, 1.54) is 29.2 Å². The molecule has 0 fully saturated rings. The van der Waals surface area contributed by atoms with Crippen LogP contribution >= 0.6 is 0 Å². The molecular weight excluding hydrogens is 358 g/mol. The van der Waals surface area contributed by atoms with Crippen LogP contribution in [-0.4, -0.2) is 37.8 Å². The number of carbonyl (C=O) groups excluding carboxylic acids is 1. The lowest BCUT2D eigenvalue weighted by Crippen LogP contribution is -2.38. The molecule has 0 bridgehead atoms. The minimum Gasteiger partial charge on any atom is -0.482 e. The van der Waals surface area contributed by atoms with Crippen molar-refractivity contribution in [3.05, 3.63) is 53.6 Å². The number of nitrogens with zero attached hydrogens (tertiary/aromatic N) is 1. The lowest BCUT2D eigenvalue weighted by Gasteiger charge is -2.30. The normalized spacial score (nSPS) is 13.9. The smallest absolute Gasteiger partial charge is 0.335 e. The number of ether oxygens (including phenoxy) is 1. The number of hydrogen-bond donors (Lipinski definition) is 1. The number of carbonyl (C=O) groups is 2. The summed E-state index contributed by atoms with van der Waals surface area (Å²) in [5.74, 6) is -0.941. The van der Waals surface area contributed by atoms with Gasteiger partial charge in [-0.25, -0.2) is 13.2 Å². The van der Waals surface area contributed by atoms with Gasteiger partial charge in [-0.1, -0.05) is 19.1 Å². The fraction of sp³-hybridized carbons (Fsp3) is 0.222. The number of aromatic carboxylic acids is 1. The molecule has 0 unspecified atom stereocenters. The van der Waals surface area contributed by atoms with Crippen molar-refractivity contribution in [1.82, 2.24) is 0 Å². The SMILES string of the molecule is CCS(=O)(=O)c1ccc2c(c1)N(Cc1ccc(C(=O)O)cc1)C(=O)CO2. The standard InChI is InChI=1S/C18H17NO6S/c1-2-26(23,24)14-7-8-16-15(9-14)19(17(20)11-25-16)10-12-3-5-13(6-4-12)18(21)22/h3-9H,2,10-11H2,1H3,(H,21,22). The number of anilines is 1. The van der Waals surface area contributed by atoms with Gasteiger partial charge < -0.3 is 14.7 Å². The van der Waals surface area contributed by atoms with E-state index in [4.69, 9.17) is 9.84 Å². The molecule has 8 heteroatoms. The lowest BCUT2D eigenvalue weighted by atomic mass is 10.1. The molecule has 1 N–H and O–H groups in total. The summed E-state index contributed by atoms with van der Waals surface area (Å²) in [4.78, 5) is 24.8. The van der Waals surface area contributed by atoms with Crippen molar-refractivity contribution in [2.45, 2.75) is 18.4 Å². The zero-order chi connectivity index (χ0) is 18.9. The molecule has 0 atom stereocenters. The summed E-state index contributed by atoms with van der Waals surface area (Å²) < 4.78 is 29.7. The third-order valence-corrected chi connectivity index (χ3v) is 5.89. The van der Waals surface area contributed by atoms with Gasteiger partial charge in [0.15, 0.2) is 16.4 Å². The van der Waals surface area contributed by atoms with Crippen LogP contribution in [0, 0.1) is 0 Å². The number of amides is 1. The first-order valence-corrected chi connectivity index (χ1v) is 9.59. The maximum Gasteiger partial charge on any atom is 0.335 e. The summed E-state index contributed by atoms with van der Waals surface area (Å²) in [5.41, 5.74) is 1.26. The van der Waals surface area contributed by atoms with Gasteiger partial charge in [0, 0.05) is 0 Å². The average molecular weight is 375 g/mol. The maximum absolute atomic E-state index is 12.3. The zero-order valence-corrected chi connectivity index (χ0v) is 14.8. The van der Waals surface area contributed by atoms with Gasteiger partial charge in [-0.3, -0.25) is 4.79 Å². The summed E-state index contributed by atoms with van der Waals surface area (Å²) in [6.07, 6.45) is 0. The lowest BCUT2D eigenvalue weighted by molar-refractivity contribution is -0.121. The maximum atomic E-state index is 12.3. The summed E-state index contributed by atoms with van der Waals surface area (Å²) in [6.45, 7) is 1.60. The van der Waals surface area contributed by atoms with E-state index in [0.29, 0.717) is 11.4 Å². The highest BCUT2D eigenvalue weighted by Gasteiger charge is 2.27. The minimum absolute atomic E-state index is 0.0444. The predicted octanol–water partition coefficient (Wildman–Crippen LogP) is 2.10. The van der Waals surface area contributed by atoms with Crippen molar-refractivity contribution in [2.75, 3.05) is 17.3 Å². The Balaban J connectivity index is 1.97. The molecule has 3 rings (SSSR count). The molecule has 26 heavy (non-hydrogen) atoms. The van der Waals surface area contributed by atoms with Crippen LogP contribution < -0.4 is 9.64 Å². The van der Waals surface area contributed by atoms with E-state index >= 15 is 0 Å². The molecule has 0 saturated carbocycles. The molecule has 136 valence electrons. The molecule has 1 heterocycles. The zero-order valence-electron chi connectivity index (χ0n) is 14.0. The van der Waals surface area contributed by atoms with Gasteiger partial charge in [-0.15, -0.1) is 0 Å². The van der Waals surface area contributed by atoms with Gasteiger partial charge >= 0.3 is 5.97 Å². The molecule has 0 saturated heterocycles. The highest BCUT2D eigenvalue weighted by Crippen LogP contribution is 2.35. The Kier molecular flexibility index (Phi) is 4.69. The molecule has 0 radical (unpaired) electrons. The van der Waals surface area contributed by atoms with Gasteiger partial charge in [0.25, 0.3) is 5.91 Å². The third-order valence-electron chi connectivity index (χ3n) is 4.15. The fourth-order valence-corrected chi connectivity index (χ4v) is 3.55. The predicted molar refractivity (Wildman–Crippen MR) is 94.3 cm³/mol. The molecule has 1 aliphatic heterocycles. The van der Waals surface area contributed by atoms with Gasteiger partial charge in [-0.2, -0.15) is 0 Å². The number of sulfone groups is 1. The van der Waals surface area contributed by atoms with Gasteiger partial charge in [0.2, 0.25) is 0 Å². The van der Waals surface area contributed by atoms with Crippen molar-refractivity contribution in [3.63, 3.8) is 0 Å². The third kappa shape index (κ3) is 3.41. The van der Waals surface area contributed by atoms with Crippen molar-refractivity contribution < 1.29 is 27.9 Å². The van der Waals surface area contributed by atoms with Gasteiger partial charge in [0.05, 0.1) is 28.4 Å². The van der Waals surface area contributed by atoms with E-state index in [2.05, 4.69) is 0 Å². The summed E-state index contributed by atoms with van der Waals surface area (Å²) in [5, 5.41) is 8.96. The highest BCUT2D eigenvalue weighted by atomic mass is 32.2. The largest absolute Gasteiger partial charge is 0.482 e. The first-order valence-electron chi connectivity index (χ1n) is 7.94. The van der Waals surface area contributed by atoms with E-state index in [0.717, 1.165) is 5.56 Å². The van der Waals surface area contributed by atoms with Crippen LogP contribution in [0.1, 0.15) is 22.8 Å². The quantitative estimate of drug-likeness (QED) is 0.859. The van der Waals surface area contributed by atoms with Gasteiger partial charge in [-0.05, 0) is 35.9 Å². The first-order chi connectivity index (χ1) is 12.3. The molecule has 1 aliphatic rings. The molecule has 2 aromatic carbocycles. The molecule has 0 aliphatic carbocycles. The second kappa shape index (κ2) is 6.80. The Morgan fingerprint density at radius 1 is 1.19 bits per heavy atom. The second-order valence-electron chi connectivity index (χ2n) is 5.80. The number of carboxylic acids is 1. The molecule has 7 nitrogen and oxygen atoms in total. The number of carboxylic acid groups (broad SMARTS) is 1. The van der Waals surface area contributed by atoms with E-state index in [9.17, 15) is 18.0 Å². The van der Waals surface area contributed by atoms with Crippen LogP contribution in [0.2, 0.25) is 0 Å². The van der Waals surface area contributed by atoms with E-state index < -0.39 is 15.8 Å². The number of rotatable bonds is 5. The average Bonchev–Trinajstić information content (AvgIpc) is 2.64. The Morgan fingerprint density at radius 3 is 2.50 bits per heavy atom. The highest BCUT2D eigenvalue weighted by molar-refractivity contribution is 7.91. The van der Waals surface area contributed by atoms with E-state index in [-0.39, 0.29) is 35.3 Å². The van der Waals surface area contributed by atoms with E-state index in [1.54, 1.807) is 25.1 Å². The molecule has 1 amide bonds. The molecular formula is C18H17NO6S. The van der Waals surface area contributed by atoms with Crippen LogP contribution in [-0.2, 0) is 21.2 Å². The van der Waals surface area contributed by atoms with Crippen molar-refractivity contribution >= 4 is 27.4 Å². The van der Waals surface area contributed by atoms with E-state index in [1.807, 2.05) is 0 Å². The van der Waals surface area contributed by atoms with Crippen LogP contribution in [0.15, 0.2) is 47.4 Å². The number of fused-ring (bicyclic) bond motifs is 1. The van der Waals surface area contributed by atoms with Crippen LogP contribution in [0.25, 0.3) is 0 Å². The first kappa shape index (κ1) is 17.9. The van der Waals surface area contributed by atoms with Crippen molar-refractivity contribution in [3.8, 4) is 5.75 Å². The monoisotopic (exact) mass is 375 g/mol. The fourth-order valence-electron chi connectivity index (χ4n) is 2.65. The van der Waals surface area contributed by atoms with Crippen LogP contribution in [0.5, 0.6) is 5.75 Å². The van der Waals surface area contributed by atoms with Crippen LogP contribution in [0.4, 0.5) is 5.69 Å². The number of benzene rings is 2. The summed E-state index contributed by atoms with van der Waals surface area (Å²) in [7, 11) is -3.42.